The highest BCUT2D eigenvalue weighted by Crippen LogP contribution is 2.23. The molecule has 0 saturated carbocycles. The molecule has 19 heavy (non-hydrogen) atoms. The fourth-order valence-electron chi connectivity index (χ4n) is 2.72. The molecule has 0 spiro atoms. The molecule has 0 aromatic rings. The lowest BCUT2D eigenvalue weighted by molar-refractivity contribution is 0.0778. The molecule has 0 radical (unpaired) electrons. The normalized spacial score (nSPS) is 19.6. The topological polar surface area (TPSA) is 24.5 Å². The van der Waals surface area contributed by atoms with Crippen molar-refractivity contribution < 1.29 is 4.74 Å². The van der Waals surface area contributed by atoms with Crippen LogP contribution in [-0.4, -0.2) is 50.8 Å². The van der Waals surface area contributed by atoms with Gasteiger partial charge in [0.05, 0.1) is 6.10 Å². The third kappa shape index (κ3) is 8.61. The molecule has 1 atom stereocenters. The quantitative estimate of drug-likeness (QED) is 0.734. The van der Waals surface area contributed by atoms with Crippen molar-refractivity contribution in [1.29, 1.82) is 0 Å². The second-order valence-corrected chi connectivity index (χ2v) is 7.04. The van der Waals surface area contributed by atoms with Crippen molar-refractivity contribution in [3.05, 3.63) is 0 Å². The van der Waals surface area contributed by atoms with Gasteiger partial charge in [-0.2, -0.15) is 0 Å². The molecule has 0 aromatic carbocycles. The van der Waals surface area contributed by atoms with Gasteiger partial charge in [0.1, 0.15) is 0 Å². The van der Waals surface area contributed by atoms with E-state index < -0.39 is 0 Å². The minimum absolute atomic E-state index is 0.457. The minimum atomic E-state index is 0.457. The Balaban J connectivity index is 2.07. The van der Waals surface area contributed by atoms with Gasteiger partial charge in [-0.05, 0) is 37.6 Å². The second kappa shape index (κ2) is 8.93. The van der Waals surface area contributed by atoms with Crippen LogP contribution < -0.4 is 5.32 Å². The smallest absolute Gasteiger partial charge is 0.0571 e. The molecule has 1 saturated heterocycles. The molecule has 0 bridgehead atoms. The van der Waals surface area contributed by atoms with Crippen LogP contribution in [0.1, 0.15) is 52.9 Å². The maximum Gasteiger partial charge on any atom is 0.0571 e. The van der Waals surface area contributed by atoms with Gasteiger partial charge in [-0.1, -0.05) is 27.2 Å². The Morgan fingerprint density at radius 1 is 1.11 bits per heavy atom. The second-order valence-electron chi connectivity index (χ2n) is 7.04. The predicted octanol–water partition coefficient (Wildman–Crippen LogP) is 2.90. The maximum atomic E-state index is 5.62. The number of nitrogens with zero attached hydrogens (tertiary/aromatic N) is 1. The number of nitrogens with one attached hydrogen (secondary N) is 1. The van der Waals surface area contributed by atoms with E-state index in [1.165, 1.54) is 51.7 Å². The summed E-state index contributed by atoms with van der Waals surface area (Å²) >= 11 is 0. The Morgan fingerprint density at radius 3 is 2.32 bits per heavy atom. The number of ether oxygens (including phenoxy) is 1. The number of rotatable bonds is 8. The third-order valence-electron chi connectivity index (χ3n) is 4.00. The first-order chi connectivity index (χ1) is 9.01. The zero-order valence-corrected chi connectivity index (χ0v) is 13.5. The van der Waals surface area contributed by atoms with Crippen molar-refractivity contribution in [3.8, 4) is 0 Å². The molecule has 1 fully saturated rings. The van der Waals surface area contributed by atoms with Gasteiger partial charge in [0, 0.05) is 33.3 Å². The maximum absolute atomic E-state index is 5.62. The SMILES string of the molecule is CO[C@H](CCCN1CCNCC1)CCCC(C)(C)C. The first-order valence-corrected chi connectivity index (χ1v) is 7.97. The van der Waals surface area contributed by atoms with Gasteiger partial charge in [0.25, 0.3) is 0 Å². The van der Waals surface area contributed by atoms with Crippen molar-refractivity contribution >= 4 is 0 Å². The zero-order chi connectivity index (χ0) is 14.1. The third-order valence-corrected chi connectivity index (χ3v) is 4.00. The molecule has 0 aliphatic carbocycles. The van der Waals surface area contributed by atoms with Gasteiger partial charge in [-0.3, -0.25) is 0 Å². The summed E-state index contributed by atoms with van der Waals surface area (Å²) < 4.78 is 5.62. The van der Waals surface area contributed by atoms with Crippen LogP contribution in [0.4, 0.5) is 0 Å². The van der Waals surface area contributed by atoms with E-state index in [2.05, 4.69) is 31.0 Å². The monoisotopic (exact) mass is 270 g/mol. The fourth-order valence-corrected chi connectivity index (χ4v) is 2.72. The summed E-state index contributed by atoms with van der Waals surface area (Å²) in [5, 5.41) is 3.40. The number of hydrogen-bond acceptors (Lipinski definition) is 3. The molecule has 1 aliphatic rings. The van der Waals surface area contributed by atoms with E-state index in [1.807, 2.05) is 7.11 Å². The summed E-state index contributed by atoms with van der Waals surface area (Å²) in [7, 11) is 1.87. The highest BCUT2D eigenvalue weighted by Gasteiger charge is 2.14. The van der Waals surface area contributed by atoms with Crippen LogP contribution in [0.3, 0.4) is 0 Å². The Labute approximate surface area is 120 Å². The number of hydrogen-bond donors (Lipinski definition) is 1. The average molecular weight is 270 g/mol. The van der Waals surface area contributed by atoms with Crippen LogP contribution in [-0.2, 0) is 4.74 Å². The lowest BCUT2D eigenvalue weighted by Crippen LogP contribution is -2.43. The Kier molecular flexibility index (Phi) is 7.96. The Morgan fingerprint density at radius 2 is 1.74 bits per heavy atom. The largest absolute Gasteiger partial charge is 0.381 e. The molecule has 114 valence electrons. The van der Waals surface area contributed by atoms with E-state index in [-0.39, 0.29) is 0 Å². The number of piperazine rings is 1. The van der Waals surface area contributed by atoms with Crippen LogP contribution in [0, 0.1) is 5.41 Å². The molecule has 1 heterocycles. The summed E-state index contributed by atoms with van der Waals surface area (Å²) in [6.07, 6.45) is 6.75. The molecule has 0 amide bonds. The van der Waals surface area contributed by atoms with Gasteiger partial charge in [0.2, 0.25) is 0 Å². The molecule has 1 N–H and O–H groups in total. The predicted molar refractivity (Wildman–Crippen MR) is 82.6 cm³/mol. The van der Waals surface area contributed by atoms with Gasteiger partial charge in [-0.25, -0.2) is 0 Å². The minimum Gasteiger partial charge on any atom is -0.381 e. The van der Waals surface area contributed by atoms with Crippen LogP contribution in [0.5, 0.6) is 0 Å². The zero-order valence-electron chi connectivity index (χ0n) is 13.5. The van der Waals surface area contributed by atoms with Gasteiger partial charge < -0.3 is 15.0 Å². The van der Waals surface area contributed by atoms with Crippen molar-refractivity contribution in [1.82, 2.24) is 10.2 Å². The van der Waals surface area contributed by atoms with Gasteiger partial charge >= 0.3 is 0 Å². The Hall–Kier alpha value is -0.120. The van der Waals surface area contributed by atoms with E-state index in [4.69, 9.17) is 4.74 Å². The standard InChI is InChI=1S/C16H34N2O/c1-16(2,3)9-5-7-15(19-4)8-6-12-18-13-10-17-11-14-18/h15,17H,5-14H2,1-4H3/t15-/m0/s1. The van der Waals surface area contributed by atoms with Crippen molar-refractivity contribution in [2.24, 2.45) is 5.41 Å². The van der Waals surface area contributed by atoms with Crippen LogP contribution in [0.2, 0.25) is 0 Å². The van der Waals surface area contributed by atoms with Gasteiger partial charge in [-0.15, -0.1) is 0 Å². The first kappa shape index (κ1) is 16.9. The molecule has 3 heteroatoms. The summed E-state index contributed by atoms with van der Waals surface area (Å²) in [5.41, 5.74) is 0.457. The average Bonchev–Trinajstić information content (AvgIpc) is 2.37. The fraction of sp³-hybridized carbons (Fsp3) is 1.00. The summed E-state index contributed by atoms with van der Waals surface area (Å²) in [6, 6.07) is 0. The molecular formula is C16H34N2O. The highest BCUT2D eigenvalue weighted by molar-refractivity contribution is 4.69. The molecule has 1 rings (SSSR count). The lowest BCUT2D eigenvalue weighted by Gasteiger charge is -2.27. The lowest BCUT2D eigenvalue weighted by atomic mass is 9.89. The summed E-state index contributed by atoms with van der Waals surface area (Å²) in [6.45, 7) is 12.9. The molecule has 0 aromatic heterocycles. The van der Waals surface area contributed by atoms with E-state index in [9.17, 15) is 0 Å². The van der Waals surface area contributed by atoms with Gasteiger partial charge in [0.15, 0.2) is 0 Å². The molecule has 1 aliphatic heterocycles. The van der Waals surface area contributed by atoms with Crippen LogP contribution in [0.15, 0.2) is 0 Å². The summed E-state index contributed by atoms with van der Waals surface area (Å²) in [4.78, 5) is 2.57. The van der Waals surface area contributed by atoms with Crippen LogP contribution in [0.25, 0.3) is 0 Å². The molecular weight excluding hydrogens is 236 g/mol. The number of methoxy groups -OCH3 is 1. The van der Waals surface area contributed by atoms with E-state index in [0.29, 0.717) is 11.5 Å². The molecule has 0 unspecified atom stereocenters. The van der Waals surface area contributed by atoms with E-state index in [1.54, 1.807) is 0 Å². The van der Waals surface area contributed by atoms with Crippen molar-refractivity contribution in [2.75, 3.05) is 39.8 Å². The highest BCUT2D eigenvalue weighted by atomic mass is 16.5. The van der Waals surface area contributed by atoms with E-state index in [0.717, 1.165) is 13.1 Å². The molecule has 3 nitrogen and oxygen atoms in total. The van der Waals surface area contributed by atoms with Crippen LogP contribution >= 0.6 is 0 Å². The Bertz CT molecular complexity index is 219. The van der Waals surface area contributed by atoms with E-state index >= 15 is 0 Å². The van der Waals surface area contributed by atoms with Crippen molar-refractivity contribution in [2.45, 2.75) is 59.0 Å². The summed E-state index contributed by atoms with van der Waals surface area (Å²) in [5.74, 6) is 0. The van der Waals surface area contributed by atoms with Crippen molar-refractivity contribution in [3.63, 3.8) is 0 Å². The first-order valence-electron chi connectivity index (χ1n) is 7.97.